The Hall–Kier alpha value is -1.42. The summed E-state index contributed by atoms with van der Waals surface area (Å²) in [6.45, 7) is 10.8. The SMILES string of the molecule is CC(C)CN(CCc1c[nH]c2cc(F)c(F)cc12)C(C)C. The molecule has 0 atom stereocenters. The predicted octanol–water partition coefficient (Wildman–Crippen LogP) is 4.36. The fraction of sp³-hybridized carbons (Fsp3) is 0.529. The first-order chi connectivity index (χ1) is 9.88. The van der Waals surface area contributed by atoms with Crippen LogP contribution in [-0.4, -0.2) is 29.0 Å². The number of nitrogens with one attached hydrogen (secondary N) is 1. The van der Waals surface area contributed by atoms with Crippen LogP contribution in [0.4, 0.5) is 8.78 Å². The maximum absolute atomic E-state index is 13.4. The van der Waals surface area contributed by atoms with Crippen LogP contribution in [0.25, 0.3) is 10.9 Å². The molecule has 0 radical (unpaired) electrons. The first-order valence-electron chi connectivity index (χ1n) is 7.57. The molecule has 21 heavy (non-hydrogen) atoms. The summed E-state index contributed by atoms with van der Waals surface area (Å²) in [6.07, 6.45) is 2.69. The molecule has 2 nitrogen and oxygen atoms in total. The summed E-state index contributed by atoms with van der Waals surface area (Å²) in [4.78, 5) is 5.44. The second kappa shape index (κ2) is 6.56. The summed E-state index contributed by atoms with van der Waals surface area (Å²) in [5, 5.41) is 0.780. The third-order valence-electron chi connectivity index (χ3n) is 3.81. The van der Waals surface area contributed by atoms with Gasteiger partial charge in [0.2, 0.25) is 0 Å². The first-order valence-corrected chi connectivity index (χ1v) is 7.57. The predicted molar refractivity (Wildman–Crippen MR) is 83.5 cm³/mol. The minimum absolute atomic E-state index is 0.479. The maximum atomic E-state index is 13.4. The molecule has 0 amide bonds. The lowest BCUT2D eigenvalue weighted by Crippen LogP contribution is -2.35. The Morgan fingerprint density at radius 1 is 1.10 bits per heavy atom. The molecule has 0 spiro atoms. The number of hydrogen-bond acceptors (Lipinski definition) is 1. The number of benzene rings is 1. The van der Waals surface area contributed by atoms with Gasteiger partial charge < -0.3 is 9.88 Å². The molecule has 0 aliphatic heterocycles. The summed E-state index contributed by atoms with van der Waals surface area (Å²) in [5.41, 5.74) is 1.70. The fourth-order valence-electron chi connectivity index (χ4n) is 2.67. The zero-order chi connectivity index (χ0) is 15.6. The van der Waals surface area contributed by atoms with Gasteiger partial charge >= 0.3 is 0 Å². The molecule has 4 heteroatoms. The molecule has 0 saturated carbocycles. The number of H-pyrrole nitrogens is 1. The minimum atomic E-state index is -0.806. The van der Waals surface area contributed by atoms with E-state index in [0.717, 1.165) is 30.5 Å². The Kier molecular flexibility index (Phi) is 4.99. The maximum Gasteiger partial charge on any atom is 0.160 e. The molecule has 0 fully saturated rings. The number of aromatic amines is 1. The zero-order valence-corrected chi connectivity index (χ0v) is 13.2. The number of hydrogen-bond donors (Lipinski definition) is 1. The van der Waals surface area contributed by atoms with Gasteiger partial charge in [0.05, 0.1) is 0 Å². The van der Waals surface area contributed by atoms with Crippen molar-refractivity contribution in [2.45, 2.75) is 40.2 Å². The van der Waals surface area contributed by atoms with Crippen molar-refractivity contribution in [3.8, 4) is 0 Å². The van der Waals surface area contributed by atoms with Gasteiger partial charge in [0.15, 0.2) is 11.6 Å². The molecule has 116 valence electrons. The van der Waals surface area contributed by atoms with Crippen LogP contribution in [0.5, 0.6) is 0 Å². The molecule has 2 rings (SSSR count). The second-order valence-corrected chi connectivity index (χ2v) is 6.36. The van der Waals surface area contributed by atoms with E-state index in [-0.39, 0.29) is 0 Å². The van der Waals surface area contributed by atoms with Gasteiger partial charge in [-0.3, -0.25) is 0 Å². The number of aromatic nitrogens is 1. The number of halogens is 2. The van der Waals surface area contributed by atoms with Crippen molar-refractivity contribution in [1.82, 2.24) is 9.88 Å². The van der Waals surface area contributed by atoms with E-state index in [2.05, 4.69) is 37.6 Å². The Labute approximate surface area is 125 Å². The fourth-order valence-corrected chi connectivity index (χ4v) is 2.67. The molecular weight excluding hydrogens is 270 g/mol. The lowest BCUT2D eigenvalue weighted by atomic mass is 10.1. The highest BCUT2D eigenvalue weighted by Gasteiger charge is 2.14. The zero-order valence-electron chi connectivity index (χ0n) is 13.2. The van der Waals surface area contributed by atoms with Crippen molar-refractivity contribution in [2.24, 2.45) is 5.92 Å². The van der Waals surface area contributed by atoms with Crippen LogP contribution in [0.1, 0.15) is 33.3 Å². The Morgan fingerprint density at radius 3 is 2.38 bits per heavy atom. The van der Waals surface area contributed by atoms with Crippen molar-refractivity contribution >= 4 is 10.9 Å². The largest absolute Gasteiger partial charge is 0.361 e. The first kappa shape index (κ1) is 16.0. The lowest BCUT2D eigenvalue weighted by molar-refractivity contribution is 0.200. The van der Waals surface area contributed by atoms with Gasteiger partial charge in [0, 0.05) is 42.3 Å². The molecule has 0 aliphatic rings. The molecule has 0 saturated heterocycles. The molecule has 0 aliphatic carbocycles. The monoisotopic (exact) mass is 294 g/mol. The highest BCUT2D eigenvalue weighted by molar-refractivity contribution is 5.83. The van der Waals surface area contributed by atoms with Crippen molar-refractivity contribution in [2.75, 3.05) is 13.1 Å². The number of fused-ring (bicyclic) bond motifs is 1. The molecule has 1 N–H and O–H groups in total. The van der Waals surface area contributed by atoms with Gasteiger partial charge in [-0.15, -0.1) is 0 Å². The normalized spacial score (nSPS) is 12.2. The third-order valence-corrected chi connectivity index (χ3v) is 3.81. The lowest BCUT2D eigenvalue weighted by Gasteiger charge is -2.28. The summed E-state index contributed by atoms with van der Waals surface area (Å²) >= 11 is 0. The van der Waals surface area contributed by atoms with Crippen molar-refractivity contribution in [1.29, 1.82) is 0 Å². The van der Waals surface area contributed by atoms with Crippen LogP contribution in [0.15, 0.2) is 18.3 Å². The van der Waals surface area contributed by atoms with E-state index in [1.54, 1.807) is 0 Å². The minimum Gasteiger partial charge on any atom is -0.361 e. The van der Waals surface area contributed by atoms with E-state index in [0.29, 0.717) is 17.5 Å². The van der Waals surface area contributed by atoms with E-state index >= 15 is 0 Å². The molecular formula is C17H24F2N2. The Morgan fingerprint density at radius 2 is 1.76 bits per heavy atom. The molecule has 0 unspecified atom stereocenters. The van der Waals surface area contributed by atoms with Crippen LogP contribution < -0.4 is 0 Å². The van der Waals surface area contributed by atoms with Gasteiger partial charge in [-0.05, 0) is 37.8 Å². The number of nitrogens with zero attached hydrogens (tertiary/aromatic N) is 1. The number of rotatable bonds is 6. The van der Waals surface area contributed by atoms with Gasteiger partial charge in [-0.2, -0.15) is 0 Å². The van der Waals surface area contributed by atoms with E-state index in [9.17, 15) is 8.78 Å². The van der Waals surface area contributed by atoms with Crippen molar-refractivity contribution < 1.29 is 8.78 Å². The Balaban J connectivity index is 2.14. The summed E-state index contributed by atoms with van der Waals surface area (Å²) in [5.74, 6) is -0.979. The molecule has 2 aromatic rings. The third kappa shape index (κ3) is 3.82. The summed E-state index contributed by atoms with van der Waals surface area (Å²) in [6, 6.07) is 2.99. The van der Waals surface area contributed by atoms with Crippen LogP contribution in [0, 0.1) is 17.6 Å². The smallest absolute Gasteiger partial charge is 0.160 e. The summed E-state index contributed by atoms with van der Waals surface area (Å²) < 4.78 is 26.6. The van der Waals surface area contributed by atoms with Crippen molar-refractivity contribution in [3.05, 3.63) is 35.5 Å². The second-order valence-electron chi connectivity index (χ2n) is 6.36. The average molecular weight is 294 g/mol. The quantitative estimate of drug-likeness (QED) is 0.839. The highest BCUT2D eigenvalue weighted by Crippen LogP contribution is 2.22. The van der Waals surface area contributed by atoms with E-state index in [4.69, 9.17) is 0 Å². The summed E-state index contributed by atoms with van der Waals surface area (Å²) in [7, 11) is 0. The molecule has 1 aromatic heterocycles. The van der Waals surface area contributed by atoms with E-state index in [1.807, 2.05) is 6.20 Å². The van der Waals surface area contributed by atoms with Gasteiger partial charge in [0.25, 0.3) is 0 Å². The van der Waals surface area contributed by atoms with Gasteiger partial charge in [-0.1, -0.05) is 13.8 Å². The molecule has 1 heterocycles. The van der Waals surface area contributed by atoms with Crippen LogP contribution >= 0.6 is 0 Å². The van der Waals surface area contributed by atoms with Gasteiger partial charge in [-0.25, -0.2) is 8.78 Å². The van der Waals surface area contributed by atoms with Gasteiger partial charge in [0.1, 0.15) is 0 Å². The average Bonchev–Trinajstić information content (AvgIpc) is 2.77. The van der Waals surface area contributed by atoms with E-state index in [1.165, 1.54) is 12.1 Å². The standard InChI is InChI=1S/C17H24F2N2/c1-11(2)10-21(12(3)4)6-5-13-9-20-17-8-16(19)15(18)7-14(13)17/h7-9,11-12,20H,5-6,10H2,1-4H3. The van der Waals surface area contributed by atoms with Crippen LogP contribution in [0.3, 0.4) is 0 Å². The van der Waals surface area contributed by atoms with Crippen LogP contribution in [-0.2, 0) is 6.42 Å². The topological polar surface area (TPSA) is 19.0 Å². The highest BCUT2D eigenvalue weighted by atomic mass is 19.2. The molecule has 0 bridgehead atoms. The van der Waals surface area contributed by atoms with Crippen molar-refractivity contribution in [3.63, 3.8) is 0 Å². The molecule has 1 aromatic carbocycles. The van der Waals surface area contributed by atoms with Crippen LogP contribution in [0.2, 0.25) is 0 Å². The van der Waals surface area contributed by atoms with E-state index < -0.39 is 11.6 Å². The Bertz CT molecular complexity index is 602.